The van der Waals surface area contributed by atoms with Gasteiger partial charge in [-0.05, 0) is 37.0 Å². The van der Waals surface area contributed by atoms with Crippen LogP contribution in [0.5, 0.6) is 0 Å². The fourth-order valence-corrected chi connectivity index (χ4v) is 5.10. The van der Waals surface area contributed by atoms with Gasteiger partial charge in [-0.1, -0.05) is 20.8 Å². The highest BCUT2D eigenvalue weighted by molar-refractivity contribution is 5.79. The van der Waals surface area contributed by atoms with Crippen LogP contribution in [0.1, 0.15) is 46.5 Å². The maximum Gasteiger partial charge on any atom is 0.237 e. The maximum atomic E-state index is 12.4. The van der Waals surface area contributed by atoms with Crippen LogP contribution in [0.2, 0.25) is 0 Å². The van der Waals surface area contributed by atoms with Crippen LogP contribution < -0.4 is 5.32 Å². The van der Waals surface area contributed by atoms with Gasteiger partial charge in [0.1, 0.15) is 6.04 Å². The average Bonchev–Trinajstić information content (AvgIpc) is 3.07. The molecule has 22 heavy (non-hydrogen) atoms. The molecule has 2 aliphatic carbocycles. The summed E-state index contributed by atoms with van der Waals surface area (Å²) in [6.45, 7) is 7.56. The molecule has 0 aromatic carbocycles. The summed E-state index contributed by atoms with van der Waals surface area (Å²) in [6.07, 6.45) is 3.45. The second-order valence-electron chi connectivity index (χ2n) is 8.01. The van der Waals surface area contributed by atoms with E-state index in [9.17, 15) is 9.90 Å². The van der Waals surface area contributed by atoms with E-state index in [0.717, 1.165) is 25.7 Å². The van der Waals surface area contributed by atoms with Gasteiger partial charge in [-0.25, -0.2) is 0 Å². The lowest BCUT2D eigenvalue weighted by Gasteiger charge is -2.37. The number of nitriles is 1. The predicted octanol–water partition coefficient (Wildman–Crippen LogP) is 1.28. The van der Waals surface area contributed by atoms with Crippen molar-refractivity contribution in [3.8, 4) is 6.07 Å². The molecule has 1 amide bonds. The smallest absolute Gasteiger partial charge is 0.237 e. The highest BCUT2D eigenvalue weighted by Crippen LogP contribution is 2.65. The van der Waals surface area contributed by atoms with E-state index in [-0.39, 0.29) is 35.4 Å². The SMILES string of the molecule is CC1(C)[C@H]2CC[C@]1(C)[C@@H](O)[C@H]2NCC(=O)N1CCC[C@H]1C#N. The largest absolute Gasteiger partial charge is 0.391 e. The molecule has 3 aliphatic rings. The molecule has 5 heteroatoms. The van der Waals surface area contributed by atoms with Crippen LogP contribution in [0.4, 0.5) is 0 Å². The molecule has 0 aromatic heterocycles. The predicted molar refractivity (Wildman–Crippen MR) is 82.8 cm³/mol. The number of amides is 1. The number of hydrogen-bond donors (Lipinski definition) is 2. The lowest BCUT2D eigenvalue weighted by Crippen LogP contribution is -2.50. The number of rotatable bonds is 3. The number of aliphatic hydroxyl groups excluding tert-OH is 1. The van der Waals surface area contributed by atoms with E-state index in [2.05, 4.69) is 32.2 Å². The lowest BCUT2D eigenvalue weighted by atomic mass is 9.70. The number of aliphatic hydroxyl groups is 1. The first-order chi connectivity index (χ1) is 10.3. The second-order valence-corrected chi connectivity index (χ2v) is 8.01. The minimum atomic E-state index is -0.403. The van der Waals surface area contributed by atoms with Gasteiger partial charge in [-0.3, -0.25) is 4.79 Å². The topological polar surface area (TPSA) is 76.4 Å². The van der Waals surface area contributed by atoms with Crippen molar-refractivity contribution in [3.63, 3.8) is 0 Å². The van der Waals surface area contributed by atoms with Crippen LogP contribution in [0, 0.1) is 28.1 Å². The molecular weight excluding hydrogens is 278 g/mol. The summed E-state index contributed by atoms with van der Waals surface area (Å²) in [5.74, 6) is 0.396. The van der Waals surface area contributed by atoms with Crippen LogP contribution in [0.3, 0.4) is 0 Å². The van der Waals surface area contributed by atoms with Crippen molar-refractivity contribution >= 4 is 5.91 Å². The normalized spacial score (nSPS) is 42.6. The fraction of sp³-hybridized carbons (Fsp3) is 0.882. The van der Waals surface area contributed by atoms with Crippen molar-refractivity contribution in [1.82, 2.24) is 10.2 Å². The number of carbonyl (C=O) groups is 1. The summed E-state index contributed by atoms with van der Waals surface area (Å²) in [5, 5.41) is 23.1. The van der Waals surface area contributed by atoms with Gasteiger partial charge in [-0.2, -0.15) is 5.26 Å². The number of hydrogen-bond acceptors (Lipinski definition) is 4. The van der Waals surface area contributed by atoms with Gasteiger partial charge in [-0.15, -0.1) is 0 Å². The molecule has 5 atom stereocenters. The summed E-state index contributed by atoms with van der Waals surface area (Å²) in [4.78, 5) is 14.0. The zero-order valence-electron chi connectivity index (χ0n) is 13.8. The number of nitrogens with zero attached hydrogens (tertiary/aromatic N) is 2. The van der Waals surface area contributed by atoms with Gasteiger partial charge < -0.3 is 15.3 Å². The van der Waals surface area contributed by atoms with Crippen LogP contribution >= 0.6 is 0 Å². The first kappa shape index (κ1) is 15.8. The first-order valence-corrected chi connectivity index (χ1v) is 8.43. The quantitative estimate of drug-likeness (QED) is 0.823. The Balaban J connectivity index is 1.63. The van der Waals surface area contributed by atoms with E-state index >= 15 is 0 Å². The third-order valence-electron chi connectivity index (χ3n) is 7.01. The van der Waals surface area contributed by atoms with Gasteiger partial charge in [0.25, 0.3) is 0 Å². The monoisotopic (exact) mass is 305 g/mol. The molecule has 122 valence electrons. The Morgan fingerprint density at radius 3 is 2.73 bits per heavy atom. The van der Waals surface area contributed by atoms with Gasteiger partial charge in [0.2, 0.25) is 5.91 Å². The molecule has 2 bridgehead atoms. The molecule has 1 aliphatic heterocycles. The third-order valence-corrected chi connectivity index (χ3v) is 7.01. The van der Waals surface area contributed by atoms with E-state index in [4.69, 9.17) is 5.26 Å². The van der Waals surface area contributed by atoms with E-state index < -0.39 is 6.10 Å². The number of nitrogens with one attached hydrogen (secondary N) is 1. The zero-order valence-corrected chi connectivity index (χ0v) is 13.8. The van der Waals surface area contributed by atoms with Crippen molar-refractivity contribution in [2.24, 2.45) is 16.7 Å². The Morgan fingerprint density at radius 2 is 2.14 bits per heavy atom. The molecule has 2 N–H and O–H groups in total. The zero-order chi connectivity index (χ0) is 16.1. The van der Waals surface area contributed by atoms with E-state index in [1.807, 2.05) is 0 Å². The number of carbonyl (C=O) groups excluding carboxylic acids is 1. The Morgan fingerprint density at radius 1 is 1.41 bits per heavy atom. The molecule has 3 rings (SSSR count). The maximum absolute atomic E-state index is 12.4. The minimum absolute atomic E-state index is 0.0121. The summed E-state index contributed by atoms with van der Waals surface area (Å²) in [5.41, 5.74) is 0.0250. The Bertz CT molecular complexity index is 513. The molecule has 0 aromatic rings. The summed E-state index contributed by atoms with van der Waals surface area (Å²) >= 11 is 0. The number of fused-ring (bicyclic) bond motifs is 2. The molecular formula is C17H27N3O2. The molecule has 0 radical (unpaired) electrons. The van der Waals surface area contributed by atoms with Gasteiger partial charge in [0.15, 0.2) is 0 Å². The number of likely N-dealkylation sites (tertiary alicyclic amines) is 1. The van der Waals surface area contributed by atoms with Crippen LogP contribution in [-0.2, 0) is 4.79 Å². The molecule has 0 spiro atoms. The summed E-state index contributed by atoms with van der Waals surface area (Å²) < 4.78 is 0. The molecule has 1 saturated heterocycles. The molecule has 0 unspecified atom stereocenters. The highest BCUT2D eigenvalue weighted by atomic mass is 16.3. The van der Waals surface area contributed by atoms with Crippen molar-refractivity contribution in [2.45, 2.75) is 64.6 Å². The van der Waals surface area contributed by atoms with Gasteiger partial charge in [0.05, 0.1) is 18.7 Å². The Hall–Kier alpha value is -1.12. The van der Waals surface area contributed by atoms with Crippen molar-refractivity contribution < 1.29 is 9.90 Å². The van der Waals surface area contributed by atoms with E-state index in [1.54, 1.807) is 4.90 Å². The van der Waals surface area contributed by atoms with Crippen molar-refractivity contribution in [1.29, 1.82) is 5.26 Å². The fourth-order valence-electron chi connectivity index (χ4n) is 5.10. The first-order valence-electron chi connectivity index (χ1n) is 8.43. The Labute approximate surface area is 132 Å². The average molecular weight is 305 g/mol. The van der Waals surface area contributed by atoms with Crippen molar-refractivity contribution in [3.05, 3.63) is 0 Å². The second kappa shape index (κ2) is 5.21. The highest BCUT2D eigenvalue weighted by Gasteiger charge is 2.65. The summed E-state index contributed by atoms with van der Waals surface area (Å²) in [6, 6.07) is 1.92. The van der Waals surface area contributed by atoms with Gasteiger partial charge in [0, 0.05) is 18.0 Å². The Kier molecular flexibility index (Phi) is 3.73. The van der Waals surface area contributed by atoms with E-state index in [0.29, 0.717) is 12.5 Å². The van der Waals surface area contributed by atoms with Crippen LogP contribution in [-0.4, -0.2) is 47.2 Å². The molecule has 5 nitrogen and oxygen atoms in total. The molecule has 2 saturated carbocycles. The lowest BCUT2D eigenvalue weighted by molar-refractivity contribution is -0.130. The standard InChI is InChI=1S/C17H27N3O2/c1-16(2)12-6-7-17(16,3)15(22)14(12)19-10-13(21)20-8-4-5-11(20)9-18/h11-12,14-15,19,22H,4-8,10H2,1-3H3/t11-,12-,14-,15-,17+/m0/s1. The minimum Gasteiger partial charge on any atom is -0.391 e. The third kappa shape index (κ3) is 2.00. The van der Waals surface area contributed by atoms with Crippen LogP contribution in [0.15, 0.2) is 0 Å². The molecule has 3 fully saturated rings. The van der Waals surface area contributed by atoms with E-state index in [1.165, 1.54) is 0 Å². The summed E-state index contributed by atoms with van der Waals surface area (Å²) in [7, 11) is 0. The van der Waals surface area contributed by atoms with Crippen molar-refractivity contribution in [2.75, 3.05) is 13.1 Å². The van der Waals surface area contributed by atoms with Gasteiger partial charge >= 0.3 is 0 Å². The van der Waals surface area contributed by atoms with Crippen LogP contribution in [0.25, 0.3) is 0 Å². The molecule has 1 heterocycles.